The Balaban J connectivity index is 1.52. The number of carbonyl (C=O) groups excluding carboxylic acids is 3. The van der Waals surface area contributed by atoms with E-state index in [0.717, 1.165) is 23.5 Å². The molecule has 1 aromatic heterocycles. The van der Waals surface area contributed by atoms with Crippen LogP contribution in [0.1, 0.15) is 34.6 Å². The molecule has 0 unspecified atom stereocenters. The standard InChI is InChI=1S/C18H24N4O3S/c1-10(2)22-6-11(7-22)17(24)21-5-4-12-13(8-21)26-16-15(12)18(25)20(3)9-14(23)19-16/h10-11H,4-9H2,1-3H3,(H,19,23). The number of amides is 3. The van der Waals surface area contributed by atoms with E-state index in [1.54, 1.807) is 7.05 Å². The van der Waals surface area contributed by atoms with E-state index in [0.29, 0.717) is 36.1 Å². The van der Waals surface area contributed by atoms with E-state index in [1.807, 2.05) is 4.90 Å². The van der Waals surface area contributed by atoms with Crippen LogP contribution in [0.2, 0.25) is 0 Å². The van der Waals surface area contributed by atoms with Gasteiger partial charge in [0.15, 0.2) is 0 Å². The van der Waals surface area contributed by atoms with Gasteiger partial charge in [-0.2, -0.15) is 0 Å². The highest BCUT2D eigenvalue weighted by molar-refractivity contribution is 7.17. The molecule has 1 aromatic rings. The first-order valence-corrected chi connectivity index (χ1v) is 9.89. The van der Waals surface area contributed by atoms with E-state index in [-0.39, 0.29) is 30.2 Å². The fraction of sp³-hybridized carbons (Fsp3) is 0.611. The molecular formula is C18H24N4O3S. The first kappa shape index (κ1) is 17.5. The van der Waals surface area contributed by atoms with Crippen molar-refractivity contribution in [2.45, 2.75) is 32.9 Å². The van der Waals surface area contributed by atoms with Crippen LogP contribution >= 0.6 is 11.3 Å². The number of hydrogen-bond donors (Lipinski definition) is 1. The molecule has 3 amide bonds. The van der Waals surface area contributed by atoms with E-state index >= 15 is 0 Å². The molecule has 3 aliphatic rings. The Hall–Kier alpha value is -1.93. The first-order chi connectivity index (χ1) is 12.3. The van der Waals surface area contributed by atoms with Crippen LogP contribution in [-0.4, -0.2) is 71.7 Å². The number of rotatable bonds is 2. The highest BCUT2D eigenvalue weighted by Crippen LogP contribution is 2.39. The lowest BCUT2D eigenvalue weighted by Crippen LogP contribution is -2.57. The van der Waals surface area contributed by atoms with Crippen molar-refractivity contribution in [2.24, 2.45) is 5.92 Å². The third kappa shape index (κ3) is 2.81. The Morgan fingerprint density at radius 3 is 2.65 bits per heavy atom. The predicted molar refractivity (Wildman–Crippen MR) is 99.2 cm³/mol. The van der Waals surface area contributed by atoms with Crippen molar-refractivity contribution in [2.75, 3.05) is 38.5 Å². The van der Waals surface area contributed by atoms with Crippen molar-refractivity contribution in [1.29, 1.82) is 0 Å². The van der Waals surface area contributed by atoms with Crippen LogP contribution in [-0.2, 0) is 22.6 Å². The number of thiophene rings is 1. The van der Waals surface area contributed by atoms with Gasteiger partial charge < -0.3 is 15.1 Å². The smallest absolute Gasteiger partial charge is 0.257 e. The summed E-state index contributed by atoms with van der Waals surface area (Å²) in [6.45, 7) is 7.22. The molecular weight excluding hydrogens is 352 g/mol. The van der Waals surface area contributed by atoms with Crippen LogP contribution in [0.15, 0.2) is 0 Å². The lowest BCUT2D eigenvalue weighted by atomic mass is 9.95. The van der Waals surface area contributed by atoms with E-state index in [4.69, 9.17) is 0 Å². The molecule has 4 heterocycles. The molecule has 8 heteroatoms. The van der Waals surface area contributed by atoms with E-state index in [2.05, 4.69) is 24.1 Å². The summed E-state index contributed by atoms with van der Waals surface area (Å²) >= 11 is 1.44. The zero-order valence-electron chi connectivity index (χ0n) is 15.4. The van der Waals surface area contributed by atoms with Gasteiger partial charge in [-0.25, -0.2) is 0 Å². The van der Waals surface area contributed by atoms with Crippen molar-refractivity contribution in [3.8, 4) is 0 Å². The Bertz CT molecular complexity index is 782. The predicted octanol–water partition coefficient (Wildman–Crippen LogP) is 0.997. The fourth-order valence-corrected chi connectivity index (χ4v) is 5.17. The molecule has 0 aromatic carbocycles. The van der Waals surface area contributed by atoms with E-state index < -0.39 is 0 Å². The number of likely N-dealkylation sites (N-methyl/N-ethyl adjacent to an activating group) is 1. The molecule has 140 valence electrons. The third-order valence-electron chi connectivity index (χ3n) is 5.55. The zero-order chi connectivity index (χ0) is 18.6. The number of likely N-dealkylation sites (tertiary alicyclic amines) is 1. The van der Waals surface area contributed by atoms with Gasteiger partial charge in [-0.1, -0.05) is 0 Å². The summed E-state index contributed by atoms with van der Waals surface area (Å²) in [5.74, 6) is 0.0180. The molecule has 1 saturated heterocycles. The van der Waals surface area contributed by atoms with Gasteiger partial charge in [0.25, 0.3) is 5.91 Å². The minimum Gasteiger partial charge on any atom is -0.337 e. The summed E-state index contributed by atoms with van der Waals surface area (Å²) < 4.78 is 0. The average Bonchev–Trinajstić information content (AvgIpc) is 2.83. The molecule has 7 nitrogen and oxygen atoms in total. The summed E-state index contributed by atoms with van der Waals surface area (Å²) in [4.78, 5) is 44.1. The Morgan fingerprint density at radius 2 is 1.96 bits per heavy atom. The van der Waals surface area contributed by atoms with Crippen LogP contribution in [0, 0.1) is 5.92 Å². The number of nitrogens with one attached hydrogen (secondary N) is 1. The molecule has 1 fully saturated rings. The molecule has 0 radical (unpaired) electrons. The van der Waals surface area contributed by atoms with Crippen molar-refractivity contribution in [3.63, 3.8) is 0 Å². The molecule has 0 bridgehead atoms. The zero-order valence-corrected chi connectivity index (χ0v) is 16.2. The Kier molecular flexibility index (Phi) is 4.27. The van der Waals surface area contributed by atoms with Gasteiger partial charge in [0.2, 0.25) is 11.8 Å². The van der Waals surface area contributed by atoms with Crippen LogP contribution in [0.3, 0.4) is 0 Å². The molecule has 3 aliphatic heterocycles. The summed E-state index contributed by atoms with van der Waals surface area (Å²) in [6.07, 6.45) is 0.670. The molecule has 0 atom stereocenters. The Labute approximate surface area is 156 Å². The van der Waals surface area contributed by atoms with Crippen LogP contribution in [0.4, 0.5) is 5.00 Å². The van der Waals surface area contributed by atoms with Crippen molar-refractivity contribution < 1.29 is 14.4 Å². The lowest BCUT2D eigenvalue weighted by molar-refractivity contribution is -0.142. The monoisotopic (exact) mass is 376 g/mol. The number of carbonyl (C=O) groups is 3. The maximum absolute atomic E-state index is 12.8. The largest absolute Gasteiger partial charge is 0.337 e. The first-order valence-electron chi connectivity index (χ1n) is 9.07. The summed E-state index contributed by atoms with van der Waals surface area (Å²) in [7, 11) is 1.65. The summed E-state index contributed by atoms with van der Waals surface area (Å²) in [6, 6.07) is 0.478. The average molecular weight is 376 g/mol. The number of anilines is 1. The van der Waals surface area contributed by atoms with Crippen LogP contribution in [0.25, 0.3) is 0 Å². The van der Waals surface area contributed by atoms with Gasteiger partial charge in [-0.3, -0.25) is 19.3 Å². The van der Waals surface area contributed by atoms with Gasteiger partial charge in [-0.05, 0) is 25.8 Å². The van der Waals surface area contributed by atoms with Crippen LogP contribution in [0.5, 0.6) is 0 Å². The maximum Gasteiger partial charge on any atom is 0.257 e. The molecule has 0 saturated carbocycles. The topological polar surface area (TPSA) is 73.0 Å². The molecule has 4 rings (SSSR count). The molecule has 0 aliphatic carbocycles. The minimum absolute atomic E-state index is 0.0770. The van der Waals surface area contributed by atoms with Gasteiger partial charge in [0.05, 0.1) is 24.6 Å². The second kappa shape index (κ2) is 6.35. The van der Waals surface area contributed by atoms with Crippen molar-refractivity contribution in [1.82, 2.24) is 14.7 Å². The number of fused-ring (bicyclic) bond motifs is 3. The minimum atomic E-state index is -0.172. The van der Waals surface area contributed by atoms with Gasteiger partial charge in [0.1, 0.15) is 5.00 Å². The van der Waals surface area contributed by atoms with Gasteiger partial charge >= 0.3 is 0 Å². The van der Waals surface area contributed by atoms with Crippen molar-refractivity contribution >= 4 is 34.1 Å². The normalized spacial score (nSPS) is 21.2. The highest BCUT2D eigenvalue weighted by atomic mass is 32.1. The summed E-state index contributed by atoms with van der Waals surface area (Å²) in [5, 5.41) is 3.49. The van der Waals surface area contributed by atoms with Gasteiger partial charge in [0, 0.05) is 37.6 Å². The molecule has 26 heavy (non-hydrogen) atoms. The lowest BCUT2D eigenvalue weighted by Gasteiger charge is -2.43. The Morgan fingerprint density at radius 1 is 1.23 bits per heavy atom. The maximum atomic E-state index is 12.8. The fourth-order valence-electron chi connectivity index (χ4n) is 3.90. The quantitative estimate of drug-likeness (QED) is 0.836. The number of hydrogen-bond acceptors (Lipinski definition) is 5. The number of nitrogens with zero attached hydrogens (tertiary/aromatic N) is 3. The third-order valence-corrected chi connectivity index (χ3v) is 6.68. The second-order valence-corrected chi connectivity index (χ2v) is 8.78. The van der Waals surface area contributed by atoms with Crippen LogP contribution < -0.4 is 5.32 Å². The van der Waals surface area contributed by atoms with Gasteiger partial charge in [-0.15, -0.1) is 11.3 Å². The SMILES string of the molecule is CC(C)N1CC(C(=O)N2CCc3c(sc4c3C(=O)N(C)CC(=O)N4)C2)C1. The summed E-state index contributed by atoms with van der Waals surface area (Å²) in [5.41, 5.74) is 1.63. The van der Waals surface area contributed by atoms with Crippen molar-refractivity contribution in [3.05, 3.63) is 16.0 Å². The second-order valence-electron chi connectivity index (χ2n) is 7.67. The highest BCUT2D eigenvalue weighted by Gasteiger charge is 2.39. The molecule has 0 spiro atoms. The molecule has 1 N–H and O–H groups in total. The van der Waals surface area contributed by atoms with E-state index in [1.165, 1.54) is 16.2 Å². The van der Waals surface area contributed by atoms with E-state index in [9.17, 15) is 14.4 Å².